The molecular formula is C12H11ClFNO2. The Balaban J connectivity index is 2.78. The molecule has 1 N–H and O–H groups in total. The van der Waals surface area contributed by atoms with Crippen molar-refractivity contribution in [1.82, 2.24) is 4.90 Å². The lowest BCUT2D eigenvalue weighted by Crippen LogP contribution is -2.29. The third-order valence-corrected chi connectivity index (χ3v) is 2.22. The van der Waals surface area contributed by atoms with Gasteiger partial charge in [0.25, 0.3) is 0 Å². The number of hydrogen-bond donors (Lipinski definition) is 1. The second-order valence-electron chi connectivity index (χ2n) is 3.52. The zero-order chi connectivity index (χ0) is 12.8. The lowest BCUT2D eigenvalue weighted by atomic mass is 10.2. The highest BCUT2D eigenvalue weighted by atomic mass is 35.5. The van der Waals surface area contributed by atoms with E-state index in [2.05, 4.69) is 5.92 Å². The fourth-order valence-electron chi connectivity index (χ4n) is 1.45. The van der Waals surface area contributed by atoms with Gasteiger partial charge in [-0.25, -0.2) is 4.39 Å². The van der Waals surface area contributed by atoms with Crippen LogP contribution in [-0.4, -0.2) is 29.1 Å². The molecule has 1 rings (SSSR count). The maximum absolute atomic E-state index is 13.1. The normalized spacial score (nSPS) is 10.2. The van der Waals surface area contributed by atoms with Gasteiger partial charge in [0.15, 0.2) is 0 Å². The maximum atomic E-state index is 13.1. The van der Waals surface area contributed by atoms with Gasteiger partial charge in [0.2, 0.25) is 0 Å². The van der Waals surface area contributed by atoms with E-state index in [1.807, 2.05) is 0 Å². The minimum atomic E-state index is -0.984. The molecule has 0 atom stereocenters. The summed E-state index contributed by atoms with van der Waals surface area (Å²) in [5, 5.41) is 8.96. The molecule has 90 valence electrons. The molecule has 0 heterocycles. The van der Waals surface area contributed by atoms with Gasteiger partial charge in [0.1, 0.15) is 5.82 Å². The van der Waals surface area contributed by atoms with Crippen LogP contribution in [0.3, 0.4) is 0 Å². The van der Waals surface area contributed by atoms with Gasteiger partial charge >= 0.3 is 5.97 Å². The second-order valence-corrected chi connectivity index (χ2v) is 3.96. The quantitative estimate of drug-likeness (QED) is 0.818. The number of benzene rings is 1. The third-order valence-electron chi connectivity index (χ3n) is 2.00. The summed E-state index contributed by atoms with van der Waals surface area (Å²) in [6.07, 6.45) is 5.13. The van der Waals surface area contributed by atoms with Crippen LogP contribution in [0, 0.1) is 18.2 Å². The number of terminal acetylenes is 1. The lowest BCUT2D eigenvalue weighted by Gasteiger charge is -2.17. The van der Waals surface area contributed by atoms with Crippen LogP contribution in [0.25, 0.3) is 0 Å². The number of halogens is 2. The first-order valence-electron chi connectivity index (χ1n) is 4.84. The van der Waals surface area contributed by atoms with Crippen LogP contribution in [0.5, 0.6) is 0 Å². The van der Waals surface area contributed by atoms with Crippen LogP contribution in [-0.2, 0) is 11.3 Å². The molecule has 0 aliphatic carbocycles. The zero-order valence-corrected chi connectivity index (χ0v) is 9.75. The third kappa shape index (κ3) is 4.85. The maximum Gasteiger partial charge on any atom is 0.317 e. The molecule has 5 heteroatoms. The van der Waals surface area contributed by atoms with Crippen LogP contribution >= 0.6 is 11.6 Å². The summed E-state index contributed by atoms with van der Waals surface area (Å²) in [7, 11) is 0. The molecule has 0 radical (unpaired) electrons. The molecule has 0 unspecified atom stereocenters. The highest BCUT2D eigenvalue weighted by Gasteiger charge is 2.10. The molecule has 17 heavy (non-hydrogen) atoms. The number of hydrogen-bond acceptors (Lipinski definition) is 2. The van der Waals surface area contributed by atoms with Gasteiger partial charge in [0.05, 0.1) is 13.1 Å². The highest BCUT2D eigenvalue weighted by molar-refractivity contribution is 6.30. The minimum absolute atomic E-state index is 0.181. The van der Waals surface area contributed by atoms with Crippen molar-refractivity contribution in [2.75, 3.05) is 13.1 Å². The fraction of sp³-hybridized carbons (Fsp3) is 0.250. The van der Waals surface area contributed by atoms with E-state index in [1.165, 1.54) is 17.0 Å². The molecule has 0 saturated carbocycles. The van der Waals surface area contributed by atoms with Gasteiger partial charge < -0.3 is 5.11 Å². The van der Waals surface area contributed by atoms with Crippen molar-refractivity contribution in [3.8, 4) is 12.3 Å². The SMILES string of the molecule is C#CCN(CC(=O)O)Cc1cc(F)cc(Cl)c1. The second kappa shape index (κ2) is 6.24. The average molecular weight is 256 g/mol. The molecule has 0 saturated heterocycles. The summed E-state index contributed by atoms with van der Waals surface area (Å²) in [6.45, 7) is 0.229. The Bertz CT molecular complexity index is 436. The summed E-state index contributed by atoms with van der Waals surface area (Å²) in [4.78, 5) is 12.1. The van der Waals surface area contributed by atoms with E-state index >= 15 is 0 Å². The van der Waals surface area contributed by atoms with Crippen molar-refractivity contribution in [2.45, 2.75) is 6.54 Å². The van der Waals surface area contributed by atoms with E-state index in [0.717, 1.165) is 0 Å². The van der Waals surface area contributed by atoms with Gasteiger partial charge in [-0.15, -0.1) is 6.42 Å². The lowest BCUT2D eigenvalue weighted by molar-refractivity contribution is -0.138. The number of carboxylic acid groups (broad SMARTS) is 1. The topological polar surface area (TPSA) is 40.5 Å². The smallest absolute Gasteiger partial charge is 0.317 e. The van der Waals surface area contributed by atoms with Crippen LogP contribution in [0.2, 0.25) is 5.02 Å². The molecule has 0 fully saturated rings. The number of carboxylic acids is 1. The van der Waals surface area contributed by atoms with E-state index in [0.29, 0.717) is 5.56 Å². The van der Waals surface area contributed by atoms with Gasteiger partial charge in [0, 0.05) is 11.6 Å². The molecule has 0 amide bonds. The predicted octanol–water partition coefficient (Wildman–Crippen LogP) is 2.00. The number of rotatable bonds is 5. The minimum Gasteiger partial charge on any atom is -0.480 e. The Labute approximate surface area is 104 Å². The zero-order valence-electron chi connectivity index (χ0n) is 8.99. The molecular weight excluding hydrogens is 245 g/mol. The Kier molecular flexibility index (Phi) is 4.95. The number of aliphatic carboxylic acids is 1. The molecule has 0 aliphatic heterocycles. The molecule has 0 aromatic heterocycles. The molecule has 3 nitrogen and oxygen atoms in total. The molecule has 1 aromatic carbocycles. The Morgan fingerprint density at radius 3 is 2.76 bits per heavy atom. The summed E-state index contributed by atoms with van der Waals surface area (Å²) in [5.41, 5.74) is 0.589. The largest absolute Gasteiger partial charge is 0.480 e. The first-order chi connectivity index (χ1) is 8.01. The van der Waals surface area contributed by atoms with E-state index in [1.54, 1.807) is 6.07 Å². The van der Waals surface area contributed by atoms with Gasteiger partial charge in [-0.3, -0.25) is 9.69 Å². The van der Waals surface area contributed by atoms with Crippen molar-refractivity contribution >= 4 is 17.6 Å². The first kappa shape index (κ1) is 13.5. The summed E-state index contributed by atoms with van der Waals surface area (Å²) in [5.74, 6) is 0.920. The van der Waals surface area contributed by atoms with E-state index in [4.69, 9.17) is 23.1 Å². The van der Waals surface area contributed by atoms with Crippen molar-refractivity contribution in [2.24, 2.45) is 0 Å². The van der Waals surface area contributed by atoms with Gasteiger partial charge in [-0.2, -0.15) is 0 Å². The van der Waals surface area contributed by atoms with Crippen molar-refractivity contribution < 1.29 is 14.3 Å². The van der Waals surface area contributed by atoms with Gasteiger partial charge in [-0.1, -0.05) is 17.5 Å². The summed E-state index contributed by atoms with van der Waals surface area (Å²) < 4.78 is 13.1. The predicted molar refractivity (Wildman–Crippen MR) is 63.2 cm³/mol. The van der Waals surface area contributed by atoms with Crippen LogP contribution in [0.1, 0.15) is 5.56 Å². The molecule has 0 bridgehead atoms. The Morgan fingerprint density at radius 2 is 2.24 bits per heavy atom. The Morgan fingerprint density at radius 1 is 1.53 bits per heavy atom. The van der Waals surface area contributed by atoms with Crippen molar-refractivity contribution in [3.63, 3.8) is 0 Å². The van der Waals surface area contributed by atoms with Crippen LogP contribution in [0.4, 0.5) is 4.39 Å². The van der Waals surface area contributed by atoms with Crippen molar-refractivity contribution in [3.05, 3.63) is 34.6 Å². The number of nitrogens with zero attached hydrogens (tertiary/aromatic N) is 1. The first-order valence-corrected chi connectivity index (χ1v) is 5.21. The van der Waals surface area contributed by atoms with E-state index in [-0.39, 0.29) is 24.7 Å². The summed E-state index contributed by atoms with van der Waals surface area (Å²) >= 11 is 5.70. The molecule has 0 spiro atoms. The van der Waals surface area contributed by atoms with Crippen LogP contribution < -0.4 is 0 Å². The fourth-order valence-corrected chi connectivity index (χ4v) is 1.69. The standard InChI is InChI=1S/C12H11ClFNO2/c1-2-3-15(8-12(16)17)7-9-4-10(13)6-11(14)5-9/h1,4-6H,3,7-8H2,(H,16,17). The Hall–Kier alpha value is -1.57. The monoisotopic (exact) mass is 255 g/mol. The highest BCUT2D eigenvalue weighted by Crippen LogP contribution is 2.15. The van der Waals surface area contributed by atoms with E-state index in [9.17, 15) is 9.18 Å². The van der Waals surface area contributed by atoms with Gasteiger partial charge in [-0.05, 0) is 23.8 Å². The average Bonchev–Trinajstić information content (AvgIpc) is 2.14. The van der Waals surface area contributed by atoms with E-state index < -0.39 is 11.8 Å². The summed E-state index contributed by atoms with van der Waals surface area (Å²) in [6, 6.07) is 4.07. The number of carbonyl (C=O) groups is 1. The molecule has 1 aromatic rings. The molecule has 0 aliphatic rings. The van der Waals surface area contributed by atoms with Crippen LogP contribution in [0.15, 0.2) is 18.2 Å². The van der Waals surface area contributed by atoms with Crippen molar-refractivity contribution in [1.29, 1.82) is 0 Å².